The van der Waals surface area contributed by atoms with Crippen molar-refractivity contribution in [3.05, 3.63) is 111 Å². The Labute approximate surface area is 269 Å². The van der Waals surface area contributed by atoms with Crippen molar-refractivity contribution in [2.45, 2.75) is 64.9 Å². The van der Waals surface area contributed by atoms with Gasteiger partial charge in [-0.15, -0.1) is 0 Å². The summed E-state index contributed by atoms with van der Waals surface area (Å²) in [5.41, 5.74) is 10.9. The van der Waals surface area contributed by atoms with E-state index in [1.807, 2.05) is 24.3 Å². The number of hydrogen-bond donors (Lipinski definition) is 5. The molecule has 8 nitrogen and oxygen atoms in total. The Morgan fingerprint density at radius 1 is 0.804 bits per heavy atom. The number of carbonyl (C=O) groups excluding carboxylic acids is 3. The third-order valence-electron chi connectivity index (χ3n) is 8.36. The Hall–Kier alpha value is -4.95. The van der Waals surface area contributed by atoms with E-state index in [0.717, 1.165) is 22.4 Å². The molecule has 6 N–H and O–H groups in total. The number of aromatic hydroxyl groups is 1. The number of benzene rings is 4. The number of ketones is 2. The zero-order chi connectivity index (χ0) is 33.6. The number of hydrogen-bond acceptors (Lipinski definition) is 8. The lowest BCUT2D eigenvalue weighted by Gasteiger charge is -2.28. The maximum Gasteiger partial charge on any atom is 0.196 e. The summed E-state index contributed by atoms with van der Waals surface area (Å²) in [6, 6.07) is 19.3. The van der Waals surface area contributed by atoms with Crippen molar-refractivity contribution >= 4 is 40.6 Å². The molecular formula is C38H41N3O5. The summed E-state index contributed by atoms with van der Waals surface area (Å²) in [7, 11) is 0. The number of aldehydes is 1. The second-order valence-electron chi connectivity index (χ2n) is 14.0. The van der Waals surface area contributed by atoms with Gasteiger partial charge in [0.05, 0.1) is 28.6 Å². The van der Waals surface area contributed by atoms with Crippen LogP contribution >= 0.6 is 0 Å². The molecule has 5 rings (SSSR count). The van der Waals surface area contributed by atoms with Gasteiger partial charge in [-0.3, -0.25) is 14.4 Å². The molecule has 0 radical (unpaired) electrons. The third kappa shape index (κ3) is 6.26. The lowest BCUT2D eigenvalue weighted by atomic mass is 9.78. The van der Waals surface area contributed by atoms with E-state index in [4.69, 9.17) is 5.73 Å². The second-order valence-corrected chi connectivity index (χ2v) is 14.0. The number of fused-ring (bicyclic) bond motifs is 2. The number of phenols is 1. The smallest absolute Gasteiger partial charge is 0.196 e. The summed E-state index contributed by atoms with van der Waals surface area (Å²) in [5, 5.41) is 28.4. The maximum absolute atomic E-state index is 13.5. The van der Waals surface area contributed by atoms with E-state index < -0.39 is 11.9 Å². The molecule has 8 heteroatoms. The molecule has 4 aromatic rings. The van der Waals surface area contributed by atoms with Gasteiger partial charge in [-0.1, -0.05) is 77.9 Å². The first kappa shape index (κ1) is 32.4. The number of aliphatic hydroxyl groups excluding tert-OH is 1. The minimum Gasteiger partial charge on any atom is -0.507 e. The normalized spacial score (nSPS) is 13.5. The van der Waals surface area contributed by atoms with Crippen molar-refractivity contribution in [3.63, 3.8) is 0 Å². The molecule has 1 aliphatic carbocycles. The van der Waals surface area contributed by atoms with Gasteiger partial charge in [0, 0.05) is 41.0 Å². The Morgan fingerprint density at radius 2 is 1.33 bits per heavy atom. The van der Waals surface area contributed by atoms with Gasteiger partial charge in [0.2, 0.25) is 0 Å². The molecular weight excluding hydrogens is 578 g/mol. The fraction of sp³-hybridized carbons (Fsp3) is 0.289. The van der Waals surface area contributed by atoms with E-state index in [9.17, 15) is 24.6 Å². The lowest BCUT2D eigenvalue weighted by Crippen LogP contribution is -2.24. The predicted molar refractivity (Wildman–Crippen MR) is 183 cm³/mol. The zero-order valence-corrected chi connectivity index (χ0v) is 27.1. The first-order valence-corrected chi connectivity index (χ1v) is 15.4. The van der Waals surface area contributed by atoms with Gasteiger partial charge < -0.3 is 26.6 Å². The monoisotopic (exact) mass is 619 g/mol. The summed E-state index contributed by atoms with van der Waals surface area (Å²) in [5.74, 6) is -0.432. The number of phenolic OH excluding ortho intramolecular Hbond substituents is 1. The molecule has 1 unspecified atom stereocenters. The van der Waals surface area contributed by atoms with Crippen molar-refractivity contribution in [3.8, 4) is 5.75 Å². The van der Waals surface area contributed by atoms with E-state index >= 15 is 0 Å². The van der Waals surface area contributed by atoms with Gasteiger partial charge in [-0.05, 0) is 57.9 Å². The predicted octanol–water partition coefficient (Wildman–Crippen LogP) is 6.92. The lowest BCUT2D eigenvalue weighted by molar-refractivity contribution is 0.0980. The number of nitrogen functional groups attached to an aromatic ring is 1. The maximum atomic E-state index is 13.5. The number of rotatable bonds is 8. The number of nitrogens with one attached hydrogen (secondary N) is 2. The Kier molecular flexibility index (Phi) is 8.53. The first-order valence-electron chi connectivity index (χ1n) is 15.4. The van der Waals surface area contributed by atoms with Crippen LogP contribution in [-0.2, 0) is 17.3 Å². The highest BCUT2D eigenvalue weighted by Gasteiger charge is 2.34. The molecule has 0 heterocycles. The van der Waals surface area contributed by atoms with Gasteiger partial charge in [0.15, 0.2) is 17.9 Å². The molecule has 1 atom stereocenters. The molecule has 1 aliphatic rings. The van der Waals surface area contributed by atoms with Gasteiger partial charge in [0.25, 0.3) is 0 Å². The van der Waals surface area contributed by atoms with Crippen LogP contribution in [-0.4, -0.2) is 40.7 Å². The van der Waals surface area contributed by atoms with Crippen LogP contribution in [0.15, 0.2) is 66.7 Å². The molecule has 0 bridgehead atoms. The standard InChI is InChI=1S/C38H41N3O5/c1-37(2,3)28-16-21(17-29(36(28)46)38(4,5)6)15-25(43)19-40-23-11-13-24(14-12-23)41-30-18-22(20-42)33(39)32-31(30)34(44)26-9-7-8-10-27(26)35(32)45/h7-14,16-18,20,25,40-41,43,46H,15,19,39H2,1-6H3. The van der Waals surface area contributed by atoms with E-state index in [2.05, 4.69) is 52.2 Å². The summed E-state index contributed by atoms with van der Waals surface area (Å²) in [6.45, 7) is 12.7. The van der Waals surface area contributed by atoms with Crippen molar-refractivity contribution in [1.29, 1.82) is 0 Å². The average Bonchev–Trinajstić information content (AvgIpc) is 2.99. The summed E-state index contributed by atoms with van der Waals surface area (Å²) in [6.07, 6.45) is 0.303. The molecule has 4 aromatic carbocycles. The van der Waals surface area contributed by atoms with Crippen LogP contribution in [0, 0.1) is 0 Å². The summed E-state index contributed by atoms with van der Waals surface area (Å²) >= 11 is 0. The van der Waals surface area contributed by atoms with Gasteiger partial charge in [-0.2, -0.15) is 0 Å². The molecule has 0 amide bonds. The number of carbonyl (C=O) groups is 3. The Balaban J connectivity index is 1.32. The quantitative estimate of drug-likeness (QED) is 0.0931. The van der Waals surface area contributed by atoms with Crippen LogP contribution in [0.1, 0.15) is 100 Å². The van der Waals surface area contributed by atoms with E-state index in [1.54, 1.807) is 36.4 Å². The van der Waals surface area contributed by atoms with Crippen LogP contribution in [0.4, 0.5) is 22.7 Å². The SMILES string of the molecule is CC(C)(C)c1cc(CC(O)CNc2ccc(Nc3cc(C=O)c(N)c4c3C(=O)c3ccccc3C4=O)cc2)cc(C(C)(C)C)c1O. The Morgan fingerprint density at radius 3 is 1.85 bits per heavy atom. The van der Waals surface area contributed by atoms with Crippen LogP contribution in [0.3, 0.4) is 0 Å². The van der Waals surface area contributed by atoms with Crippen LogP contribution in [0.2, 0.25) is 0 Å². The number of anilines is 4. The molecule has 0 spiro atoms. The molecule has 0 saturated heterocycles. The molecule has 238 valence electrons. The average molecular weight is 620 g/mol. The third-order valence-corrected chi connectivity index (χ3v) is 8.36. The Bertz CT molecular complexity index is 1810. The zero-order valence-electron chi connectivity index (χ0n) is 27.1. The fourth-order valence-corrected chi connectivity index (χ4v) is 5.90. The number of nitrogens with two attached hydrogens (primary N) is 1. The van der Waals surface area contributed by atoms with Crippen molar-refractivity contribution in [1.82, 2.24) is 0 Å². The second kappa shape index (κ2) is 12.1. The minimum absolute atomic E-state index is 0.0157. The molecule has 0 saturated carbocycles. The highest BCUT2D eigenvalue weighted by Crippen LogP contribution is 2.41. The summed E-state index contributed by atoms with van der Waals surface area (Å²) in [4.78, 5) is 38.7. The van der Waals surface area contributed by atoms with E-state index in [1.165, 1.54) is 6.07 Å². The van der Waals surface area contributed by atoms with E-state index in [0.29, 0.717) is 36.4 Å². The topological polar surface area (TPSA) is 142 Å². The first-order chi connectivity index (χ1) is 21.6. The molecule has 0 aromatic heterocycles. The highest BCUT2D eigenvalue weighted by atomic mass is 16.3. The fourth-order valence-electron chi connectivity index (χ4n) is 5.90. The van der Waals surface area contributed by atoms with Crippen LogP contribution in [0.25, 0.3) is 0 Å². The minimum atomic E-state index is -0.683. The van der Waals surface area contributed by atoms with E-state index in [-0.39, 0.29) is 50.1 Å². The van der Waals surface area contributed by atoms with Crippen molar-refractivity contribution in [2.75, 3.05) is 22.9 Å². The van der Waals surface area contributed by atoms with Crippen LogP contribution in [0.5, 0.6) is 5.75 Å². The molecule has 46 heavy (non-hydrogen) atoms. The van der Waals surface area contributed by atoms with Crippen molar-refractivity contribution < 1.29 is 24.6 Å². The summed E-state index contributed by atoms with van der Waals surface area (Å²) < 4.78 is 0. The largest absolute Gasteiger partial charge is 0.507 e. The van der Waals surface area contributed by atoms with Gasteiger partial charge >= 0.3 is 0 Å². The molecule has 0 aliphatic heterocycles. The molecule has 0 fully saturated rings. The highest BCUT2D eigenvalue weighted by molar-refractivity contribution is 6.32. The van der Waals surface area contributed by atoms with Crippen molar-refractivity contribution in [2.24, 2.45) is 0 Å². The number of aliphatic hydroxyl groups is 1. The van der Waals surface area contributed by atoms with Gasteiger partial charge in [0.1, 0.15) is 5.75 Å². The van der Waals surface area contributed by atoms with Crippen LogP contribution < -0.4 is 16.4 Å². The van der Waals surface area contributed by atoms with Gasteiger partial charge in [-0.25, -0.2) is 0 Å².